The van der Waals surface area contributed by atoms with Crippen LogP contribution >= 0.6 is 0 Å². The minimum absolute atomic E-state index is 0. The molecule has 2 aliphatic rings. The van der Waals surface area contributed by atoms with Gasteiger partial charge in [-0.2, -0.15) is 0 Å². The minimum atomic E-state index is -0.652. The van der Waals surface area contributed by atoms with Crippen molar-refractivity contribution in [3.63, 3.8) is 0 Å². The molecule has 2 fully saturated rings. The van der Waals surface area contributed by atoms with E-state index in [1.807, 2.05) is 13.8 Å². The van der Waals surface area contributed by atoms with E-state index in [-0.39, 0.29) is 31.6 Å². The van der Waals surface area contributed by atoms with Gasteiger partial charge in [-0.05, 0) is 68.1 Å². The molecule has 2 saturated heterocycles. The van der Waals surface area contributed by atoms with Crippen molar-refractivity contribution in [3.05, 3.63) is 65.5 Å². The zero-order valence-electron chi connectivity index (χ0n) is 19.9. The molecule has 1 aromatic heterocycles. The van der Waals surface area contributed by atoms with Crippen LogP contribution in [0.5, 0.6) is 0 Å². The Hall–Kier alpha value is -2.87. The van der Waals surface area contributed by atoms with Gasteiger partial charge < -0.3 is 15.5 Å². The minimum Gasteiger partial charge on any atom is -0.351 e. The Morgan fingerprint density at radius 3 is 2.47 bits per heavy atom. The Morgan fingerprint density at radius 2 is 1.91 bits per heavy atom. The molecule has 8 heteroatoms. The first-order valence-corrected chi connectivity index (χ1v) is 12.0. The van der Waals surface area contributed by atoms with E-state index < -0.39 is 17.7 Å². The van der Waals surface area contributed by atoms with Crippen molar-refractivity contribution in [1.29, 1.82) is 0 Å². The van der Waals surface area contributed by atoms with Gasteiger partial charge in [0.05, 0.1) is 11.6 Å². The summed E-state index contributed by atoms with van der Waals surface area (Å²) < 4.78 is 27.5. The van der Waals surface area contributed by atoms with Crippen molar-refractivity contribution in [1.82, 2.24) is 20.5 Å². The van der Waals surface area contributed by atoms with Crippen LogP contribution in [0.4, 0.5) is 8.78 Å². The van der Waals surface area contributed by atoms with Crippen molar-refractivity contribution >= 4 is 11.8 Å². The van der Waals surface area contributed by atoms with Gasteiger partial charge in [-0.25, -0.2) is 8.78 Å². The highest BCUT2D eigenvalue weighted by atomic mass is 19.1. The Morgan fingerprint density at radius 1 is 1.21 bits per heavy atom. The fraction of sp³-hybridized carbons (Fsp3) is 0.500. The van der Waals surface area contributed by atoms with Crippen molar-refractivity contribution in [2.24, 2.45) is 5.92 Å². The number of pyridine rings is 1. The lowest BCUT2D eigenvalue weighted by atomic mass is 9.84. The lowest BCUT2D eigenvalue weighted by molar-refractivity contribution is -0.123. The average Bonchev–Trinajstić information content (AvgIpc) is 3.38. The molecule has 0 unspecified atom stereocenters. The number of likely N-dealkylation sites (tertiary alicyclic amines) is 1. The molecule has 0 radical (unpaired) electrons. The molecule has 0 bridgehead atoms. The standard InChI is InChI=1S/C22H25F2N3O2.C4H9N.H2/c1-14(2)8-21(28)26-20-13-27(22(29)15-4-3-6-25-12-15)7-5-19(20)16-9-17(23)11-18(24)10-16;1-2-4-5-3-1;/h3-4,6,9-12,14,19-20H,5,7-8,13H2,1-2H3,(H,26,28);5H,1-4H2;1H/t19-,20+;;/m0../s1. The van der Waals surface area contributed by atoms with Crippen LogP contribution in [0.15, 0.2) is 42.7 Å². The van der Waals surface area contributed by atoms with E-state index in [2.05, 4.69) is 15.6 Å². The molecule has 0 aliphatic carbocycles. The molecular formula is C26H36F2N4O2. The molecule has 2 aromatic rings. The van der Waals surface area contributed by atoms with E-state index in [4.69, 9.17) is 0 Å². The van der Waals surface area contributed by atoms with Crippen LogP contribution in [0, 0.1) is 17.6 Å². The van der Waals surface area contributed by atoms with E-state index in [9.17, 15) is 18.4 Å². The number of piperidine rings is 1. The number of amides is 2. The second-order valence-corrected chi connectivity index (χ2v) is 9.32. The summed E-state index contributed by atoms with van der Waals surface area (Å²) in [4.78, 5) is 30.9. The number of nitrogens with one attached hydrogen (secondary N) is 2. The van der Waals surface area contributed by atoms with Gasteiger partial charge in [-0.1, -0.05) is 13.8 Å². The molecule has 34 heavy (non-hydrogen) atoms. The molecule has 2 atom stereocenters. The van der Waals surface area contributed by atoms with Gasteiger partial charge in [-0.15, -0.1) is 0 Å². The predicted molar refractivity (Wildman–Crippen MR) is 129 cm³/mol. The van der Waals surface area contributed by atoms with Crippen LogP contribution in [-0.2, 0) is 4.79 Å². The van der Waals surface area contributed by atoms with E-state index in [1.165, 1.54) is 44.3 Å². The van der Waals surface area contributed by atoms with E-state index >= 15 is 0 Å². The molecule has 0 spiro atoms. The number of hydrogen-bond donors (Lipinski definition) is 2. The third kappa shape index (κ3) is 7.58. The number of aromatic nitrogens is 1. The monoisotopic (exact) mass is 474 g/mol. The molecule has 4 rings (SSSR count). The van der Waals surface area contributed by atoms with Crippen LogP contribution in [0.2, 0.25) is 0 Å². The third-order valence-electron chi connectivity index (χ3n) is 6.02. The van der Waals surface area contributed by atoms with Gasteiger partial charge in [0.15, 0.2) is 0 Å². The van der Waals surface area contributed by atoms with Gasteiger partial charge in [0.2, 0.25) is 5.91 Å². The second kappa shape index (κ2) is 12.6. The van der Waals surface area contributed by atoms with E-state index in [1.54, 1.807) is 23.2 Å². The average molecular weight is 475 g/mol. The summed E-state index contributed by atoms with van der Waals surface area (Å²) in [6, 6.07) is 6.38. The SMILES string of the molecule is C1CCNC1.CC(C)CC(=O)N[C@@H]1CN(C(=O)c2cccnc2)CC[C@H]1c1cc(F)cc(F)c1.[HH]. The number of benzene rings is 1. The number of rotatable bonds is 5. The lowest BCUT2D eigenvalue weighted by Gasteiger charge is -2.39. The van der Waals surface area contributed by atoms with Crippen molar-refractivity contribution in [2.45, 2.75) is 51.5 Å². The molecule has 0 saturated carbocycles. The molecule has 1 aromatic carbocycles. The Balaban J connectivity index is 0.000000640. The number of halogens is 2. The molecule has 2 amide bonds. The third-order valence-corrected chi connectivity index (χ3v) is 6.02. The normalized spacial score (nSPS) is 20.0. The van der Waals surface area contributed by atoms with E-state index in [0.717, 1.165) is 6.07 Å². The first-order valence-electron chi connectivity index (χ1n) is 12.0. The zero-order chi connectivity index (χ0) is 24.5. The Kier molecular flexibility index (Phi) is 9.51. The summed E-state index contributed by atoms with van der Waals surface area (Å²) in [6.45, 7) is 7.07. The predicted octanol–water partition coefficient (Wildman–Crippen LogP) is 4.14. The number of nitrogens with zero attached hydrogens (tertiary/aromatic N) is 2. The number of carbonyl (C=O) groups is 2. The van der Waals surface area contributed by atoms with Crippen molar-refractivity contribution in [2.75, 3.05) is 26.2 Å². The molecule has 186 valence electrons. The van der Waals surface area contributed by atoms with Crippen LogP contribution < -0.4 is 10.6 Å². The molecular weight excluding hydrogens is 438 g/mol. The summed E-state index contributed by atoms with van der Waals surface area (Å²) in [5.74, 6) is -1.72. The Labute approximate surface area is 201 Å². The van der Waals surface area contributed by atoms with Gasteiger partial charge in [0.1, 0.15) is 11.6 Å². The highest BCUT2D eigenvalue weighted by molar-refractivity contribution is 5.94. The van der Waals surface area contributed by atoms with Crippen LogP contribution in [0.1, 0.15) is 62.8 Å². The van der Waals surface area contributed by atoms with Crippen LogP contribution in [0.25, 0.3) is 0 Å². The summed E-state index contributed by atoms with van der Waals surface area (Å²) >= 11 is 0. The largest absolute Gasteiger partial charge is 0.351 e. The van der Waals surface area contributed by atoms with Crippen LogP contribution in [0.3, 0.4) is 0 Å². The van der Waals surface area contributed by atoms with Gasteiger partial charge >= 0.3 is 0 Å². The second-order valence-electron chi connectivity index (χ2n) is 9.32. The lowest BCUT2D eigenvalue weighted by Crippen LogP contribution is -2.53. The summed E-state index contributed by atoms with van der Waals surface area (Å²) in [7, 11) is 0. The Bertz CT molecular complexity index is 930. The topological polar surface area (TPSA) is 74.3 Å². The smallest absolute Gasteiger partial charge is 0.255 e. The fourth-order valence-electron chi connectivity index (χ4n) is 4.40. The van der Waals surface area contributed by atoms with Gasteiger partial charge in [-0.3, -0.25) is 14.6 Å². The first-order chi connectivity index (χ1) is 16.3. The maximum atomic E-state index is 13.8. The summed E-state index contributed by atoms with van der Waals surface area (Å²) in [6.07, 6.45) is 6.71. The van der Waals surface area contributed by atoms with Gasteiger partial charge in [0, 0.05) is 45.3 Å². The first kappa shape index (κ1) is 25.7. The molecule has 2 N–H and O–H groups in total. The fourth-order valence-corrected chi connectivity index (χ4v) is 4.40. The molecule has 3 heterocycles. The van der Waals surface area contributed by atoms with E-state index in [0.29, 0.717) is 30.5 Å². The highest BCUT2D eigenvalue weighted by Gasteiger charge is 2.34. The zero-order valence-corrected chi connectivity index (χ0v) is 19.9. The quantitative estimate of drug-likeness (QED) is 0.683. The number of carbonyl (C=O) groups excluding carboxylic acids is 2. The molecule has 2 aliphatic heterocycles. The summed E-state index contributed by atoms with van der Waals surface area (Å²) in [5.41, 5.74) is 0.959. The van der Waals surface area contributed by atoms with Crippen molar-refractivity contribution in [3.8, 4) is 0 Å². The van der Waals surface area contributed by atoms with Crippen LogP contribution in [-0.4, -0.2) is 53.9 Å². The highest BCUT2D eigenvalue weighted by Crippen LogP contribution is 2.30. The van der Waals surface area contributed by atoms with Gasteiger partial charge in [0.25, 0.3) is 5.91 Å². The summed E-state index contributed by atoms with van der Waals surface area (Å²) in [5, 5.41) is 6.20. The van der Waals surface area contributed by atoms with Crippen molar-refractivity contribution < 1.29 is 19.8 Å². The maximum absolute atomic E-state index is 13.8. The number of hydrogen-bond acceptors (Lipinski definition) is 4. The maximum Gasteiger partial charge on any atom is 0.255 e. The molecule has 6 nitrogen and oxygen atoms in total.